The van der Waals surface area contributed by atoms with Crippen molar-refractivity contribution in [2.45, 2.75) is 30.1 Å². The molecule has 2 amide bonds. The van der Waals surface area contributed by atoms with Crippen molar-refractivity contribution in [3.8, 4) is 17.5 Å². The van der Waals surface area contributed by atoms with Crippen molar-refractivity contribution in [3.63, 3.8) is 0 Å². The maximum Gasteiger partial charge on any atom is 0.509 e. The Hall–Kier alpha value is -2.69. The molecular weight excluding hydrogens is 603 g/mol. The van der Waals surface area contributed by atoms with Gasteiger partial charge in [0.15, 0.2) is 0 Å². The molecule has 1 fully saturated rings. The summed E-state index contributed by atoms with van der Waals surface area (Å²) < 4.78 is 32.3. The number of hydrogen-bond donors (Lipinski definition) is 5. The Morgan fingerprint density at radius 2 is 2.09 bits per heavy atom. The third-order valence-electron chi connectivity index (χ3n) is 5.61. The fraction of sp³-hybridized carbons (Fsp3) is 0.577. The molecule has 238 valence electrons. The summed E-state index contributed by atoms with van der Waals surface area (Å²) in [5.41, 5.74) is 10.7. The van der Waals surface area contributed by atoms with Crippen LogP contribution < -0.4 is 26.8 Å². The van der Waals surface area contributed by atoms with E-state index in [0.717, 1.165) is 0 Å². The topological polar surface area (TPSA) is 203 Å². The molecule has 2 unspecified atom stereocenters. The van der Waals surface area contributed by atoms with Crippen LogP contribution in [0.25, 0.3) is 0 Å². The largest absolute Gasteiger partial charge is 0.509 e. The number of ether oxygens (including phenoxy) is 6. The van der Waals surface area contributed by atoms with Gasteiger partial charge in [-0.15, -0.1) is 0 Å². The summed E-state index contributed by atoms with van der Waals surface area (Å²) in [4.78, 5) is 35.6. The summed E-state index contributed by atoms with van der Waals surface area (Å²) in [7, 11) is 3.35. The zero-order chi connectivity index (χ0) is 31.3. The summed E-state index contributed by atoms with van der Waals surface area (Å²) in [6, 6.07) is 6.51. The monoisotopic (exact) mass is 642 g/mol. The van der Waals surface area contributed by atoms with E-state index >= 15 is 0 Å². The van der Waals surface area contributed by atoms with E-state index in [0.29, 0.717) is 38.1 Å². The highest BCUT2D eigenvalue weighted by Crippen LogP contribution is 2.26. The SMILES string of the molecule is CSSC(COc1cccc(C(=O)NCCN)c1)OCCOCC(=O)NCC#CB[C@H]1C[C@@H](OC(=O)OCN)C(CO)O1. The van der Waals surface area contributed by atoms with Gasteiger partial charge in [0.2, 0.25) is 13.2 Å². The second kappa shape index (κ2) is 21.9. The number of nitrogens with one attached hydrogen (secondary N) is 2. The number of carbonyl (C=O) groups excluding carboxylic acids is 3. The van der Waals surface area contributed by atoms with Gasteiger partial charge in [0.25, 0.3) is 5.91 Å². The van der Waals surface area contributed by atoms with Gasteiger partial charge in [0, 0.05) is 31.1 Å². The zero-order valence-electron chi connectivity index (χ0n) is 24.0. The van der Waals surface area contributed by atoms with Crippen LogP contribution in [0.5, 0.6) is 5.75 Å². The van der Waals surface area contributed by atoms with Crippen molar-refractivity contribution >= 4 is 46.8 Å². The number of carbonyl (C=O) groups is 3. The number of amides is 2. The summed E-state index contributed by atoms with van der Waals surface area (Å²) in [6.07, 6.45) is 0.0321. The van der Waals surface area contributed by atoms with Crippen LogP contribution >= 0.6 is 21.6 Å². The van der Waals surface area contributed by atoms with E-state index in [1.165, 1.54) is 21.6 Å². The molecule has 4 atom stereocenters. The number of aliphatic hydroxyl groups excluding tert-OH is 1. The van der Waals surface area contributed by atoms with Crippen LogP contribution in [0.3, 0.4) is 0 Å². The molecule has 0 bridgehead atoms. The standard InChI is InChI=1S/C26H39BN4O10S2/c1-42-43-24(16-38-19-5-2-4-18(12-19)25(34)31-9-7-28)37-11-10-36-15-23(33)30-8-3-6-27-22-13-20(21(14-32)40-22)41-26(35)39-17-29/h2,4-5,12,20-22,24,27,32H,7-11,13-17,28-29H2,1H3,(H,30,33)(H,31,34)/t20-,21?,22-,24?/m1/s1. The Balaban J connectivity index is 1.60. The van der Waals surface area contributed by atoms with Gasteiger partial charge in [-0.3, -0.25) is 15.3 Å². The van der Waals surface area contributed by atoms with Gasteiger partial charge in [0.1, 0.15) is 43.3 Å². The molecule has 1 aromatic rings. The fourth-order valence-electron chi connectivity index (χ4n) is 3.68. The third kappa shape index (κ3) is 15.0. The molecule has 1 aliphatic rings. The van der Waals surface area contributed by atoms with Crippen LogP contribution in [-0.2, 0) is 28.5 Å². The van der Waals surface area contributed by atoms with Crippen LogP contribution in [0, 0.1) is 11.7 Å². The van der Waals surface area contributed by atoms with Crippen molar-refractivity contribution in [2.75, 3.05) is 65.7 Å². The van der Waals surface area contributed by atoms with Crippen LogP contribution in [0.2, 0.25) is 0 Å². The first-order valence-corrected chi connectivity index (χ1v) is 16.1. The Labute approximate surface area is 259 Å². The lowest BCUT2D eigenvalue weighted by Crippen LogP contribution is -2.30. The lowest BCUT2D eigenvalue weighted by Gasteiger charge is -2.17. The van der Waals surface area contributed by atoms with Gasteiger partial charge < -0.3 is 49.9 Å². The molecular formula is C26H39BN4O10S2. The molecule has 17 heteroatoms. The molecule has 43 heavy (non-hydrogen) atoms. The molecule has 1 saturated heterocycles. The minimum atomic E-state index is -0.921. The fourth-order valence-corrected chi connectivity index (χ4v) is 5.15. The first-order valence-electron chi connectivity index (χ1n) is 13.5. The van der Waals surface area contributed by atoms with Crippen LogP contribution in [0.15, 0.2) is 24.3 Å². The average molecular weight is 643 g/mol. The molecule has 0 spiro atoms. The molecule has 0 radical (unpaired) electrons. The molecule has 0 aliphatic carbocycles. The highest BCUT2D eigenvalue weighted by atomic mass is 33.1. The van der Waals surface area contributed by atoms with E-state index in [1.807, 2.05) is 6.26 Å². The van der Waals surface area contributed by atoms with Gasteiger partial charge in [-0.1, -0.05) is 33.6 Å². The highest BCUT2D eigenvalue weighted by molar-refractivity contribution is 8.76. The van der Waals surface area contributed by atoms with Gasteiger partial charge >= 0.3 is 6.16 Å². The van der Waals surface area contributed by atoms with Crippen molar-refractivity contribution in [1.82, 2.24) is 10.6 Å². The van der Waals surface area contributed by atoms with E-state index in [2.05, 4.69) is 27.1 Å². The van der Waals surface area contributed by atoms with Crippen LogP contribution in [-0.4, -0.2) is 120 Å². The van der Waals surface area contributed by atoms with Crippen LogP contribution in [0.4, 0.5) is 4.79 Å². The Kier molecular flexibility index (Phi) is 18.6. The molecule has 0 saturated carbocycles. The smallest absolute Gasteiger partial charge is 0.490 e. The summed E-state index contributed by atoms with van der Waals surface area (Å²) >= 11 is 0. The average Bonchev–Trinajstić information content (AvgIpc) is 3.39. The predicted molar refractivity (Wildman–Crippen MR) is 164 cm³/mol. The molecule has 2 rings (SSSR count). The number of aliphatic hydroxyl groups is 1. The maximum atomic E-state index is 12.1. The lowest BCUT2D eigenvalue weighted by molar-refractivity contribution is -0.126. The number of rotatable bonds is 19. The third-order valence-corrected chi connectivity index (χ3v) is 7.52. The van der Waals surface area contributed by atoms with Crippen molar-refractivity contribution in [1.29, 1.82) is 0 Å². The first kappa shape index (κ1) is 36.5. The molecule has 0 aromatic heterocycles. The van der Waals surface area contributed by atoms with Gasteiger partial charge in [-0.2, -0.15) is 5.82 Å². The molecule has 1 heterocycles. The minimum Gasteiger partial charge on any atom is -0.490 e. The van der Waals surface area contributed by atoms with E-state index in [9.17, 15) is 19.5 Å². The first-order chi connectivity index (χ1) is 20.9. The van der Waals surface area contributed by atoms with E-state index in [-0.39, 0.29) is 69.6 Å². The normalized spacial score (nSPS) is 18.1. The van der Waals surface area contributed by atoms with Crippen molar-refractivity contribution < 1.29 is 47.9 Å². The molecule has 14 nitrogen and oxygen atoms in total. The Bertz CT molecular complexity index is 1060. The number of hydrogen-bond acceptors (Lipinski definition) is 14. The molecule has 1 aliphatic heterocycles. The van der Waals surface area contributed by atoms with Gasteiger partial charge in [-0.05, 0) is 24.5 Å². The summed E-state index contributed by atoms with van der Waals surface area (Å²) in [5, 5.41) is 14.8. The second-order valence-electron chi connectivity index (χ2n) is 8.77. The van der Waals surface area contributed by atoms with E-state index in [4.69, 9.17) is 35.2 Å². The number of benzene rings is 1. The molecule has 1 aromatic carbocycles. The minimum absolute atomic E-state index is 0.122. The van der Waals surface area contributed by atoms with E-state index < -0.39 is 18.4 Å². The van der Waals surface area contributed by atoms with E-state index in [1.54, 1.807) is 24.3 Å². The van der Waals surface area contributed by atoms with Gasteiger partial charge in [0.05, 0.1) is 26.4 Å². The molecule has 7 N–H and O–H groups in total. The lowest BCUT2D eigenvalue weighted by atomic mass is 9.71. The quantitative estimate of drug-likeness (QED) is 0.0313. The second-order valence-corrected chi connectivity index (χ2v) is 11.4. The predicted octanol–water partition coefficient (Wildman–Crippen LogP) is -0.817. The zero-order valence-corrected chi connectivity index (χ0v) is 25.6. The summed E-state index contributed by atoms with van der Waals surface area (Å²) in [6.45, 7) is 0.802. The highest BCUT2D eigenvalue weighted by Gasteiger charge is 2.37. The van der Waals surface area contributed by atoms with Crippen molar-refractivity contribution in [2.24, 2.45) is 11.5 Å². The summed E-state index contributed by atoms with van der Waals surface area (Å²) in [5.74, 6) is 5.73. The number of nitrogens with two attached hydrogens (primary N) is 2. The Morgan fingerprint density at radius 1 is 1.26 bits per heavy atom. The Morgan fingerprint density at radius 3 is 2.84 bits per heavy atom. The maximum absolute atomic E-state index is 12.1. The van der Waals surface area contributed by atoms with Gasteiger partial charge in [-0.25, -0.2) is 4.79 Å². The van der Waals surface area contributed by atoms with Crippen molar-refractivity contribution in [3.05, 3.63) is 29.8 Å². The van der Waals surface area contributed by atoms with Crippen LogP contribution in [0.1, 0.15) is 16.8 Å².